The number of hydrogen-bond donors (Lipinski definition) is 2. The van der Waals surface area contributed by atoms with Crippen LogP contribution in [0.1, 0.15) is 16.6 Å². The molecule has 1 aliphatic heterocycles. The lowest BCUT2D eigenvalue weighted by atomic mass is 10.2. The van der Waals surface area contributed by atoms with Gasteiger partial charge in [-0.2, -0.15) is 0 Å². The maximum Gasteiger partial charge on any atom is 0.256 e. The molecule has 4 rings (SSSR count). The highest BCUT2D eigenvalue weighted by molar-refractivity contribution is 6.18. The van der Waals surface area contributed by atoms with E-state index in [0.29, 0.717) is 5.56 Å². The maximum atomic E-state index is 14.4. The van der Waals surface area contributed by atoms with Gasteiger partial charge in [0.2, 0.25) is 0 Å². The predicted octanol–water partition coefficient (Wildman–Crippen LogP) is 1.91. The van der Waals surface area contributed by atoms with Crippen LogP contribution in [0.15, 0.2) is 43.0 Å². The number of anilines is 1. The van der Waals surface area contributed by atoms with Crippen molar-refractivity contribution in [2.45, 2.75) is 24.6 Å². The standard InChI is InChI=1S/C17H15ClFN5O3/c18-6-10-13(25)11(19)17(27-10)24-8-22-12-14(20-7-21-15(12)24)23-16(26)9-4-2-1-3-5-9/h1-5,7-8,10-11,13,17,25H,6H2,(H,20,21,23,26). The molecule has 1 fully saturated rings. The van der Waals surface area contributed by atoms with E-state index >= 15 is 0 Å². The molecule has 2 N–H and O–H groups in total. The van der Waals surface area contributed by atoms with Gasteiger partial charge in [0.05, 0.1) is 12.2 Å². The molecule has 3 aromatic rings. The normalized spacial score (nSPS) is 25.0. The molecule has 0 aliphatic carbocycles. The fourth-order valence-electron chi connectivity index (χ4n) is 2.95. The number of halogens is 2. The number of imidazole rings is 1. The van der Waals surface area contributed by atoms with Gasteiger partial charge in [0.25, 0.3) is 5.91 Å². The lowest BCUT2D eigenvalue weighted by Gasteiger charge is -2.15. The first-order valence-corrected chi connectivity index (χ1v) is 8.71. The summed E-state index contributed by atoms with van der Waals surface area (Å²) >= 11 is 5.70. The number of aromatic nitrogens is 4. The molecule has 4 atom stereocenters. The number of aliphatic hydroxyl groups excluding tert-OH is 1. The van der Waals surface area contributed by atoms with E-state index in [1.54, 1.807) is 30.3 Å². The van der Waals surface area contributed by atoms with Crippen LogP contribution in [0.4, 0.5) is 10.2 Å². The average molecular weight is 392 g/mol. The quantitative estimate of drug-likeness (QED) is 0.659. The molecule has 0 spiro atoms. The van der Waals surface area contributed by atoms with Gasteiger partial charge < -0.3 is 15.2 Å². The van der Waals surface area contributed by atoms with Gasteiger partial charge in [-0.1, -0.05) is 18.2 Å². The van der Waals surface area contributed by atoms with Crippen LogP contribution in [-0.4, -0.2) is 54.8 Å². The van der Waals surface area contributed by atoms with Gasteiger partial charge in [0.15, 0.2) is 29.4 Å². The van der Waals surface area contributed by atoms with Crippen LogP contribution < -0.4 is 5.32 Å². The Morgan fingerprint density at radius 2 is 2.07 bits per heavy atom. The maximum absolute atomic E-state index is 14.4. The third kappa shape index (κ3) is 3.14. The Kier molecular flexibility index (Phi) is 4.73. The number of hydrogen-bond acceptors (Lipinski definition) is 6. The molecule has 8 nitrogen and oxygen atoms in total. The Morgan fingerprint density at radius 1 is 1.30 bits per heavy atom. The van der Waals surface area contributed by atoms with Crippen LogP contribution >= 0.6 is 11.6 Å². The Labute approximate surface area is 158 Å². The van der Waals surface area contributed by atoms with Crippen molar-refractivity contribution in [2.75, 3.05) is 11.2 Å². The summed E-state index contributed by atoms with van der Waals surface area (Å²) in [6, 6.07) is 8.63. The first kappa shape index (κ1) is 17.8. The zero-order valence-corrected chi connectivity index (χ0v) is 14.6. The molecule has 0 radical (unpaired) electrons. The zero-order valence-electron chi connectivity index (χ0n) is 13.9. The van der Waals surface area contributed by atoms with Crippen molar-refractivity contribution in [3.8, 4) is 0 Å². The summed E-state index contributed by atoms with van der Waals surface area (Å²) in [7, 11) is 0. The first-order valence-electron chi connectivity index (χ1n) is 8.17. The van der Waals surface area contributed by atoms with Gasteiger partial charge in [-0.3, -0.25) is 9.36 Å². The fourth-order valence-corrected chi connectivity index (χ4v) is 3.21. The highest BCUT2D eigenvalue weighted by atomic mass is 35.5. The van der Waals surface area contributed by atoms with Gasteiger partial charge in [-0.05, 0) is 12.1 Å². The Bertz CT molecular complexity index is 970. The van der Waals surface area contributed by atoms with Crippen LogP contribution in [-0.2, 0) is 4.74 Å². The summed E-state index contributed by atoms with van der Waals surface area (Å²) < 4.78 is 21.3. The number of carbonyl (C=O) groups excluding carboxylic acids is 1. The number of amides is 1. The number of alkyl halides is 2. The predicted molar refractivity (Wildman–Crippen MR) is 95.3 cm³/mol. The molecule has 10 heteroatoms. The van der Waals surface area contributed by atoms with Crippen LogP contribution in [0, 0.1) is 0 Å². The molecule has 27 heavy (non-hydrogen) atoms. The molecule has 4 unspecified atom stereocenters. The number of benzene rings is 1. The molecule has 0 bridgehead atoms. The van der Waals surface area contributed by atoms with Crippen molar-refractivity contribution in [3.63, 3.8) is 0 Å². The van der Waals surface area contributed by atoms with E-state index in [0.717, 1.165) is 0 Å². The van der Waals surface area contributed by atoms with E-state index < -0.39 is 24.6 Å². The minimum Gasteiger partial charge on any atom is -0.387 e. The topological polar surface area (TPSA) is 102 Å². The van der Waals surface area contributed by atoms with Crippen LogP contribution in [0.3, 0.4) is 0 Å². The van der Waals surface area contributed by atoms with Gasteiger partial charge in [-0.15, -0.1) is 11.6 Å². The first-order chi connectivity index (χ1) is 13.1. The van der Waals surface area contributed by atoms with E-state index in [1.165, 1.54) is 17.2 Å². The van der Waals surface area contributed by atoms with Crippen molar-refractivity contribution in [3.05, 3.63) is 48.5 Å². The lowest BCUT2D eigenvalue weighted by molar-refractivity contribution is -0.0122. The summed E-state index contributed by atoms with van der Waals surface area (Å²) in [5, 5.41) is 12.6. The monoisotopic (exact) mass is 391 g/mol. The van der Waals surface area contributed by atoms with Crippen molar-refractivity contribution in [1.29, 1.82) is 0 Å². The molecule has 3 heterocycles. The number of rotatable bonds is 4. The highest BCUT2D eigenvalue weighted by Crippen LogP contribution is 2.34. The molecule has 1 saturated heterocycles. The number of nitrogens with zero attached hydrogens (tertiary/aromatic N) is 4. The lowest BCUT2D eigenvalue weighted by Crippen LogP contribution is -2.29. The fraction of sp³-hybridized carbons (Fsp3) is 0.294. The van der Waals surface area contributed by atoms with Crippen molar-refractivity contribution in [1.82, 2.24) is 19.5 Å². The minimum atomic E-state index is -1.69. The van der Waals surface area contributed by atoms with Crippen molar-refractivity contribution < 1.29 is 19.0 Å². The smallest absolute Gasteiger partial charge is 0.256 e. The van der Waals surface area contributed by atoms with Crippen LogP contribution in [0.25, 0.3) is 11.2 Å². The number of aliphatic hydroxyl groups is 1. The third-order valence-corrected chi connectivity index (χ3v) is 4.65. The Hall–Kier alpha value is -2.62. The van der Waals surface area contributed by atoms with E-state index in [1.807, 2.05) is 0 Å². The second-order valence-corrected chi connectivity index (χ2v) is 6.33. The SMILES string of the molecule is O=C(Nc1ncnc2c1ncn2C1OC(CCl)C(O)C1F)c1ccccc1. The molecule has 1 amide bonds. The van der Waals surface area contributed by atoms with E-state index in [9.17, 15) is 14.3 Å². The second-order valence-electron chi connectivity index (χ2n) is 6.02. The largest absolute Gasteiger partial charge is 0.387 e. The number of carbonyl (C=O) groups is 1. The van der Waals surface area contributed by atoms with Gasteiger partial charge >= 0.3 is 0 Å². The van der Waals surface area contributed by atoms with Gasteiger partial charge in [0, 0.05) is 5.56 Å². The van der Waals surface area contributed by atoms with E-state index in [-0.39, 0.29) is 28.8 Å². The number of ether oxygens (including phenoxy) is 1. The summed E-state index contributed by atoms with van der Waals surface area (Å²) in [5.41, 5.74) is 1.00. The summed E-state index contributed by atoms with van der Waals surface area (Å²) in [6.07, 6.45) is -2.42. The molecular formula is C17H15ClFN5O3. The number of nitrogens with one attached hydrogen (secondary N) is 1. The van der Waals surface area contributed by atoms with Gasteiger partial charge in [-0.25, -0.2) is 19.3 Å². The molecule has 140 valence electrons. The average Bonchev–Trinajstić information content (AvgIpc) is 3.25. The molecule has 1 aromatic carbocycles. The molecule has 1 aliphatic rings. The third-order valence-electron chi connectivity index (χ3n) is 4.35. The highest BCUT2D eigenvalue weighted by Gasteiger charge is 2.45. The Balaban J connectivity index is 1.65. The van der Waals surface area contributed by atoms with E-state index in [4.69, 9.17) is 16.3 Å². The Morgan fingerprint density at radius 3 is 2.78 bits per heavy atom. The minimum absolute atomic E-state index is 0.0436. The van der Waals surface area contributed by atoms with Crippen molar-refractivity contribution in [2.24, 2.45) is 0 Å². The second kappa shape index (κ2) is 7.18. The number of fused-ring (bicyclic) bond motifs is 1. The summed E-state index contributed by atoms with van der Waals surface area (Å²) in [5.74, 6) is -0.211. The molecule has 0 saturated carbocycles. The van der Waals surface area contributed by atoms with Crippen LogP contribution in [0.2, 0.25) is 0 Å². The molecular weight excluding hydrogens is 377 g/mol. The van der Waals surface area contributed by atoms with Crippen molar-refractivity contribution >= 4 is 34.5 Å². The summed E-state index contributed by atoms with van der Waals surface area (Å²) in [6.45, 7) is 0. The van der Waals surface area contributed by atoms with Gasteiger partial charge in [0.1, 0.15) is 18.5 Å². The van der Waals surface area contributed by atoms with Crippen LogP contribution in [0.5, 0.6) is 0 Å². The summed E-state index contributed by atoms with van der Waals surface area (Å²) in [4.78, 5) is 24.7. The molecule has 2 aromatic heterocycles. The van der Waals surface area contributed by atoms with E-state index in [2.05, 4.69) is 20.3 Å². The zero-order chi connectivity index (χ0) is 19.0.